The van der Waals surface area contributed by atoms with Gasteiger partial charge < -0.3 is 0 Å². The Hall–Kier alpha value is -2.45. The molecule has 100 valence electrons. The fourth-order valence-electron chi connectivity index (χ4n) is 2.36. The van der Waals surface area contributed by atoms with Gasteiger partial charge in [0.1, 0.15) is 0 Å². The summed E-state index contributed by atoms with van der Waals surface area (Å²) in [4.78, 5) is 4.67. The maximum atomic E-state index is 4.67. The molecule has 4 aromatic rings. The van der Waals surface area contributed by atoms with Crippen molar-refractivity contribution in [2.75, 3.05) is 0 Å². The van der Waals surface area contributed by atoms with Crippen molar-refractivity contribution in [3.05, 3.63) is 78.9 Å². The molecule has 3 aromatic carbocycles. The Balaban J connectivity index is 1.73. The van der Waals surface area contributed by atoms with Gasteiger partial charge in [-0.15, -0.1) is 29.8 Å². The zero-order chi connectivity index (χ0) is 14.1. The summed E-state index contributed by atoms with van der Waals surface area (Å²) in [5, 5.41) is 1.02. The number of hydrogen-bond acceptors (Lipinski definition) is 2. The van der Waals surface area contributed by atoms with Crippen LogP contribution in [-0.4, -0.2) is 4.98 Å². The van der Waals surface area contributed by atoms with E-state index in [1.807, 2.05) is 30.3 Å². The van der Waals surface area contributed by atoms with Gasteiger partial charge >= 0.3 is 0 Å². The molecule has 0 aliphatic carbocycles. The lowest BCUT2D eigenvalue weighted by Gasteiger charge is -2.09. The highest BCUT2D eigenvalue weighted by Gasteiger charge is 2.00. The second-order valence-electron chi connectivity index (χ2n) is 4.84. The third-order valence-electron chi connectivity index (χ3n) is 3.44. The Morgan fingerprint density at radius 1 is 0.762 bits per heavy atom. The van der Waals surface area contributed by atoms with E-state index in [2.05, 4.69) is 53.5 Å². The van der Waals surface area contributed by atoms with Gasteiger partial charge in [0.2, 0.25) is 0 Å². The van der Waals surface area contributed by atoms with Crippen molar-refractivity contribution in [3.8, 4) is 21.7 Å². The Morgan fingerprint density at radius 2 is 1.57 bits per heavy atom. The molecule has 2 heteroatoms. The molecule has 1 aromatic heterocycles. The van der Waals surface area contributed by atoms with Gasteiger partial charge in [0.25, 0.3) is 0 Å². The maximum Gasteiger partial charge on any atom is 0.0697 e. The van der Waals surface area contributed by atoms with Crippen molar-refractivity contribution in [1.82, 2.24) is 4.98 Å². The number of nitrogens with zero attached hydrogens (tertiary/aromatic N) is 1. The first-order valence-corrected chi connectivity index (χ1v) is 7.65. The third-order valence-corrected chi connectivity index (χ3v) is 4.51. The van der Waals surface area contributed by atoms with Crippen LogP contribution >= 0.6 is 11.3 Å². The first-order chi connectivity index (χ1) is 10.4. The second-order valence-corrected chi connectivity index (χ2v) is 5.87. The van der Waals surface area contributed by atoms with Crippen LogP contribution in [0.5, 0.6) is 0 Å². The lowest BCUT2D eigenvalue weighted by Crippen LogP contribution is -1.79. The van der Waals surface area contributed by atoms with Crippen LogP contribution < -0.4 is 0 Å². The van der Waals surface area contributed by atoms with Crippen LogP contribution in [0.4, 0.5) is 0 Å². The zero-order valence-electron chi connectivity index (χ0n) is 11.3. The van der Waals surface area contributed by atoms with E-state index in [0.717, 1.165) is 16.1 Å². The van der Waals surface area contributed by atoms with E-state index in [1.165, 1.54) is 15.8 Å². The monoisotopic (exact) mass is 286 g/mol. The van der Waals surface area contributed by atoms with E-state index in [0.29, 0.717) is 0 Å². The van der Waals surface area contributed by atoms with Crippen LogP contribution in [0.25, 0.3) is 31.9 Å². The molecule has 0 saturated carbocycles. The van der Waals surface area contributed by atoms with Crippen molar-refractivity contribution in [1.29, 1.82) is 0 Å². The Labute approximate surface area is 127 Å². The van der Waals surface area contributed by atoms with Crippen LogP contribution in [0.3, 0.4) is 0 Å². The molecule has 21 heavy (non-hydrogen) atoms. The summed E-state index contributed by atoms with van der Waals surface area (Å²) in [7, 11) is 0. The summed E-state index contributed by atoms with van der Waals surface area (Å²) in [5.74, 6) is 0. The first kappa shape index (κ1) is 12.3. The number of thiazole rings is 1. The van der Waals surface area contributed by atoms with Gasteiger partial charge in [-0.05, 0) is 12.1 Å². The first-order valence-electron chi connectivity index (χ1n) is 6.83. The highest BCUT2D eigenvalue weighted by atomic mass is 32.1. The molecule has 0 atom stereocenters. The number of aromatic nitrogens is 1. The average molecular weight is 286 g/mol. The quantitative estimate of drug-likeness (QED) is 0.448. The molecule has 1 heterocycles. The second kappa shape index (κ2) is 5.15. The van der Waals surface area contributed by atoms with Crippen LogP contribution in [-0.2, 0) is 0 Å². The predicted molar refractivity (Wildman–Crippen MR) is 89.3 cm³/mol. The molecule has 1 nitrogen and oxygen atoms in total. The summed E-state index contributed by atoms with van der Waals surface area (Å²) in [6.45, 7) is 0. The van der Waals surface area contributed by atoms with Gasteiger partial charge in [-0.25, -0.2) is 0 Å². The fourth-order valence-corrected chi connectivity index (χ4v) is 3.31. The predicted octanol–water partition coefficient (Wildman–Crippen LogP) is 5.43. The number of para-hydroxylation sites is 1. The van der Waals surface area contributed by atoms with Crippen LogP contribution in [0.2, 0.25) is 0 Å². The smallest absolute Gasteiger partial charge is 0.0697 e. The molecular weight excluding hydrogens is 274 g/mol. The molecular formula is C19H12NS-. The van der Waals surface area contributed by atoms with Crippen molar-refractivity contribution >= 4 is 21.6 Å². The summed E-state index contributed by atoms with van der Waals surface area (Å²) < 4.78 is 1.22. The largest absolute Gasteiger partial charge is 0.285 e. The van der Waals surface area contributed by atoms with Crippen LogP contribution in [0, 0.1) is 6.07 Å². The molecule has 0 unspecified atom stereocenters. The van der Waals surface area contributed by atoms with E-state index in [1.54, 1.807) is 11.3 Å². The van der Waals surface area contributed by atoms with E-state index in [4.69, 9.17) is 0 Å². The van der Waals surface area contributed by atoms with Crippen molar-refractivity contribution in [2.45, 2.75) is 0 Å². The van der Waals surface area contributed by atoms with Gasteiger partial charge in [0.15, 0.2) is 0 Å². The standard InChI is InChI=1S/C19H12NS/c1-2-6-14(7-3-1)15-10-12-16(13-11-15)19-20-17-8-4-5-9-18(17)21-19/h1-12H/q-1. The molecule has 0 N–H and O–H groups in total. The van der Waals surface area contributed by atoms with Gasteiger partial charge in [0, 0.05) is 9.71 Å². The summed E-state index contributed by atoms with van der Waals surface area (Å²) in [6.07, 6.45) is 0. The van der Waals surface area contributed by atoms with Crippen LogP contribution in [0.1, 0.15) is 0 Å². The number of rotatable bonds is 2. The highest BCUT2D eigenvalue weighted by molar-refractivity contribution is 7.21. The van der Waals surface area contributed by atoms with Crippen molar-refractivity contribution in [2.24, 2.45) is 0 Å². The van der Waals surface area contributed by atoms with E-state index >= 15 is 0 Å². The lowest BCUT2D eigenvalue weighted by molar-refractivity contribution is 1.47. The highest BCUT2D eigenvalue weighted by Crippen LogP contribution is 2.30. The Morgan fingerprint density at radius 3 is 2.33 bits per heavy atom. The molecule has 0 fully saturated rings. The normalized spacial score (nSPS) is 10.9. The average Bonchev–Trinajstić information content (AvgIpc) is 3.00. The van der Waals surface area contributed by atoms with Gasteiger partial charge in [-0.1, -0.05) is 53.6 Å². The lowest BCUT2D eigenvalue weighted by atomic mass is 10.0. The molecule has 0 radical (unpaired) electrons. The fraction of sp³-hybridized carbons (Fsp3) is 0. The third kappa shape index (κ3) is 2.34. The molecule has 0 aliphatic rings. The van der Waals surface area contributed by atoms with E-state index in [9.17, 15) is 0 Å². The van der Waals surface area contributed by atoms with Crippen molar-refractivity contribution < 1.29 is 0 Å². The van der Waals surface area contributed by atoms with Gasteiger partial charge in [0.05, 0.1) is 5.52 Å². The Bertz CT molecular complexity index is 843. The molecule has 0 amide bonds. The topological polar surface area (TPSA) is 12.9 Å². The van der Waals surface area contributed by atoms with E-state index in [-0.39, 0.29) is 0 Å². The summed E-state index contributed by atoms with van der Waals surface area (Å²) in [6, 6.07) is 28.2. The molecule has 0 spiro atoms. The van der Waals surface area contributed by atoms with Gasteiger partial charge in [-0.2, -0.15) is 11.3 Å². The number of hydrogen-bond donors (Lipinski definition) is 0. The summed E-state index contributed by atoms with van der Waals surface area (Å²) >= 11 is 1.71. The van der Waals surface area contributed by atoms with Crippen molar-refractivity contribution in [3.63, 3.8) is 0 Å². The molecule has 0 aliphatic heterocycles. The van der Waals surface area contributed by atoms with E-state index < -0.39 is 0 Å². The molecule has 0 bridgehead atoms. The maximum absolute atomic E-state index is 4.67. The number of benzene rings is 3. The minimum Gasteiger partial charge on any atom is -0.285 e. The summed E-state index contributed by atoms with van der Waals surface area (Å²) in [5.41, 5.74) is 4.50. The van der Waals surface area contributed by atoms with Crippen LogP contribution in [0.15, 0.2) is 72.8 Å². The molecule has 0 saturated heterocycles. The number of fused-ring (bicyclic) bond motifs is 1. The Kier molecular flexibility index (Phi) is 3.02. The zero-order valence-corrected chi connectivity index (χ0v) is 12.1. The van der Waals surface area contributed by atoms with Gasteiger partial charge in [-0.3, -0.25) is 4.98 Å². The molecule has 4 rings (SSSR count). The minimum atomic E-state index is 1.02. The minimum absolute atomic E-state index is 1.02. The SMILES string of the molecule is [c-]1cc(-c2ccccc2)ccc1-c1nc2ccccc2s1.